The van der Waals surface area contributed by atoms with Gasteiger partial charge in [-0.15, -0.1) is 0 Å². The number of nitrogens with zero attached hydrogens (tertiary/aromatic N) is 1. The van der Waals surface area contributed by atoms with Crippen LogP contribution in [0.1, 0.15) is 6.92 Å². The Kier molecular flexibility index (Phi) is 7.19. The number of hydrogen-bond donors (Lipinski definition) is 2. The maximum absolute atomic E-state index is 12.3. The minimum atomic E-state index is -0.708. The van der Waals surface area contributed by atoms with Gasteiger partial charge in [0.25, 0.3) is 5.91 Å². The minimum absolute atomic E-state index is 0.101. The van der Waals surface area contributed by atoms with Gasteiger partial charge in [0.1, 0.15) is 0 Å². The molecule has 2 rings (SSSR count). The van der Waals surface area contributed by atoms with E-state index in [0.29, 0.717) is 29.4 Å². The molecule has 2 N–H and O–H groups in total. The highest BCUT2D eigenvalue weighted by atomic mass is 16.5. The number of nitrogens with one attached hydrogen (secondary N) is 2. The molecular weight excluding hydrogens is 346 g/mol. The summed E-state index contributed by atoms with van der Waals surface area (Å²) in [6.07, 6.45) is -0.708. The highest BCUT2D eigenvalue weighted by Crippen LogP contribution is 2.27. The molecule has 7 nitrogen and oxygen atoms in total. The van der Waals surface area contributed by atoms with Gasteiger partial charge in [-0.25, -0.2) is 0 Å². The maximum Gasteiger partial charge on any atom is 0.265 e. The Balaban J connectivity index is 1.92. The maximum atomic E-state index is 12.3. The molecule has 0 radical (unpaired) electrons. The summed E-state index contributed by atoms with van der Waals surface area (Å²) >= 11 is 0. The van der Waals surface area contributed by atoms with E-state index < -0.39 is 6.10 Å². The lowest BCUT2D eigenvalue weighted by Gasteiger charge is -2.17. The van der Waals surface area contributed by atoms with Gasteiger partial charge in [0.15, 0.2) is 17.6 Å². The van der Waals surface area contributed by atoms with E-state index in [0.717, 1.165) is 0 Å². The average Bonchev–Trinajstić information content (AvgIpc) is 2.63. The summed E-state index contributed by atoms with van der Waals surface area (Å²) in [5, 5.41) is 5.58. The van der Waals surface area contributed by atoms with Crippen molar-refractivity contribution in [2.75, 3.05) is 38.4 Å². The second kappa shape index (κ2) is 9.59. The predicted octanol–water partition coefficient (Wildman–Crippen LogP) is 2.60. The van der Waals surface area contributed by atoms with Crippen molar-refractivity contribution in [1.29, 1.82) is 0 Å². The zero-order valence-electron chi connectivity index (χ0n) is 16.0. The van der Waals surface area contributed by atoms with Crippen molar-refractivity contribution in [3.8, 4) is 11.5 Å². The van der Waals surface area contributed by atoms with Crippen molar-refractivity contribution >= 4 is 23.2 Å². The third-order valence-electron chi connectivity index (χ3n) is 3.64. The first kappa shape index (κ1) is 20.3. The van der Waals surface area contributed by atoms with Crippen LogP contribution in [0.2, 0.25) is 0 Å². The van der Waals surface area contributed by atoms with Gasteiger partial charge in [0.05, 0.1) is 13.7 Å². The number of carbonyl (C=O) groups is 2. The molecule has 0 aromatic heterocycles. The number of hydrogen-bond acceptors (Lipinski definition) is 5. The molecule has 0 heterocycles. The van der Waals surface area contributed by atoms with Crippen LogP contribution in [-0.2, 0) is 9.59 Å². The first-order chi connectivity index (χ1) is 12.9. The molecule has 0 aliphatic carbocycles. The first-order valence-corrected chi connectivity index (χ1v) is 8.54. The number of anilines is 2. The number of methoxy groups -OCH3 is 1. The fraction of sp³-hybridized carbons (Fsp3) is 0.300. The summed E-state index contributed by atoms with van der Waals surface area (Å²) in [5.41, 5.74) is 1.28. The summed E-state index contributed by atoms with van der Waals surface area (Å²) < 4.78 is 10.9. The van der Waals surface area contributed by atoms with E-state index in [1.54, 1.807) is 55.3 Å². The molecule has 0 bridgehead atoms. The van der Waals surface area contributed by atoms with Crippen LogP contribution in [0.25, 0.3) is 0 Å². The summed E-state index contributed by atoms with van der Waals surface area (Å²) in [7, 11) is 5.20. The van der Waals surface area contributed by atoms with Crippen molar-refractivity contribution in [3.63, 3.8) is 0 Å². The van der Waals surface area contributed by atoms with E-state index in [-0.39, 0.29) is 11.8 Å². The van der Waals surface area contributed by atoms with E-state index >= 15 is 0 Å². The van der Waals surface area contributed by atoms with E-state index in [2.05, 4.69) is 10.6 Å². The molecule has 2 aromatic rings. The Hall–Kier alpha value is -3.06. The number of likely N-dealkylation sites (N-methyl/N-ethyl adjacent to an activating group) is 1. The Labute approximate surface area is 159 Å². The molecule has 144 valence electrons. The van der Waals surface area contributed by atoms with Crippen LogP contribution >= 0.6 is 0 Å². The standard InChI is InChI=1S/C20H25N3O4/c1-14(27-18-8-6-5-7-17(18)26-4)20(25)22-16-11-9-15(10-12-16)21-19(24)13-23(2)3/h5-12,14H,13H2,1-4H3,(H,21,24)(H,22,25). The summed E-state index contributed by atoms with van der Waals surface area (Å²) in [5.74, 6) is 0.678. The van der Waals surface area contributed by atoms with Crippen molar-refractivity contribution in [2.24, 2.45) is 0 Å². The van der Waals surface area contributed by atoms with Gasteiger partial charge in [0, 0.05) is 11.4 Å². The minimum Gasteiger partial charge on any atom is -0.493 e. The second-order valence-corrected chi connectivity index (χ2v) is 6.26. The van der Waals surface area contributed by atoms with Crippen molar-refractivity contribution in [2.45, 2.75) is 13.0 Å². The number of carbonyl (C=O) groups excluding carboxylic acids is 2. The highest BCUT2D eigenvalue weighted by molar-refractivity contribution is 5.95. The van der Waals surface area contributed by atoms with Crippen LogP contribution in [0.4, 0.5) is 11.4 Å². The first-order valence-electron chi connectivity index (χ1n) is 8.54. The normalized spacial score (nSPS) is 11.6. The lowest BCUT2D eigenvalue weighted by Crippen LogP contribution is -2.30. The fourth-order valence-electron chi connectivity index (χ4n) is 2.33. The number of amides is 2. The lowest BCUT2D eigenvalue weighted by atomic mass is 10.2. The van der Waals surface area contributed by atoms with E-state index in [4.69, 9.17) is 9.47 Å². The van der Waals surface area contributed by atoms with E-state index in [1.807, 2.05) is 26.2 Å². The van der Waals surface area contributed by atoms with Crippen LogP contribution in [-0.4, -0.2) is 50.6 Å². The zero-order valence-corrected chi connectivity index (χ0v) is 16.0. The Morgan fingerprint density at radius 1 is 0.963 bits per heavy atom. The van der Waals surface area contributed by atoms with Crippen LogP contribution in [0.15, 0.2) is 48.5 Å². The largest absolute Gasteiger partial charge is 0.493 e. The smallest absolute Gasteiger partial charge is 0.265 e. The highest BCUT2D eigenvalue weighted by Gasteiger charge is 2.17. The van der Waals surface area contributed by atoms with Gasteiger partial charge in [-0.05, 0) is 57.4 Å². The quantitative estimate of drug-likeness (QED) is 0.746. The number of benzene rings is 2. The van der Waals surface area contributed by atoms with Gasteiger partial charge in [0.2, 0.25) is 5.91 Å². The molecule has 0 saturated heterocycles. The van der Waals surface area contributed by atoms with Gasteiger partial charge < -0.3 is 25.0 Å². The van der Waals surface area contributed by atoms with Gasteiger partial charge in [-0.1, -0.05) is 12.1 Å². The van der Waals surface area contributed by atoms with Crippen LogP contribution in [0, 0.1) is 0 Å². The third-order valence-corrected chi connectivity index (χ3v) is 3.64. The predicted molar refractivity (Wildman–Crippen MR) is 105 cm³/mol. The molecule has 1 unspecified atom stereocenters. The molecule has 2 aromatic carbocycles. The lowest BCUT2D eigenvalue weighted by molar-refractivity contribution is -0.122. The van der Waals surface area contributed by atoms with Gasteiger partial charge >= 0.3 is 0 Å². The molecule has 0 aliphatic heterocycles. The molecule has 0 spiro atoms. The summed E-state index contributed by atoms with van der Waals surface area (Å²) in [4.78, 5) is 25.9. The molecule has 1 atom stereocenters. The number of ether oxygens (including phenoxy) is 2. The Morgan fingerprint density at radius 2 is 1.52 bits per heavy atom. The van der Waals surface area contributed by atoms with Crippen molar-refractivity contribution in [1.82, 2.24) is 4.90 Å². The monoisotopic (exact) mass is 371 g/mol. The Morgan fingerprint density at radius 3 is 2.07 bits per heavy atom. The molecular formula is C20H25N3O4. The molecule has 27 heavy (non-hydrogen) atoms. The molecule has 2 amide bonds. The van der Waals surface area contributed by atoms with Crippen molar-refractivity contribution < 1.29 is 19.1 Å². The second-order valence-electron chi connectivity index (χ2n) is 6.26. The van der Waals surface area contributed by atoms with Gasteiger partial charge in [-0.3, -0.25) is 9.59 Å². The summed E-state index contributed by atoms with van der Waals surface area (Å²) in [6, 6.07) is 14.1. The van der Waals surface area contributed by atoms with E-state index in [9.17, 15) is 9.59 Å². The number of para-hydroxylation sites is 2. The molecule has 0 aliphatic rings. The molecule has 7 heteroatoms. The third kappa shape index (κ3) is 6.31. The summed E-state index contributed by atoms with van der Waals surface area (Å²) in [6.45, 7) is 1.97. The SMILES string of the molecule is COc1ccccc1OC(C)C(=O)Nc1ccc(NC(=O)CN(C)C)cc1. The topological polar surface area (TPSA) is 79.9 Å². The van der Waals surface area contributed by atoms with Crippen molar-refractivity contribution in [3.05, 3.63) is 48.5 Å². The molecule has 0 fully saturated rings. The number of rotatable bonds is 8. The van der Waals surface area contributed by atoms with Gasteiger partial charge in [-0.2, -0.15) is 0 Å². The molecule has 0 saturated carbocycles. The van der Waals surface area contributed by atoms with E-state index in [1.165, 1.54) is 0 Å². The van der Waals surface area contributed by atoms with Crippen LogP contribution in [0.5, 0.6) is 11.5 Å². The fourth-order valence-corrected chi connectivity index (χ4v) is 2.33. The van der Waals surface area contributed by atoms with Crippen LogP contribution < -0.4 is 20.1 Å². The van der Waals surface area contributed by atoms with Crippen LogP contribution in [0.3, 0.4) is 0 Å². The zero-order chi connectivity index (χ0) is 19.8. The average molecular weight is 371 g/mol. The Bertz CT molecular complexity index is 775.